The van der Waals surface area contributed by atoms with Gasteiger partial charge >= 0.3 is 0 Å². The number of carbonyl (C=O) groups is 1. The Balaban J connectivity index is 1.52. The van der Waals surface area contributed by atoms with Crippen LogP contribution in [0.1, 0.15) is 40.5 Å². The Labute approximate surface area is 160 Å². The van der Waals surface area contributed by atoms with E-state index in [1.807, 2.05) is 36.9 Å². The summed E-state index contributed by atoms with van der Waals surface area (Å²) < 4.78 is 7.28. The third kappa shape index (κ3) is 2.51. The summed E-state index contributed by atoms with van der Waals surface area (Å²) in [5, 5.41) is 4.99. The molecule has 1 amide bonds. The molecular formula is C20H17ClN4O2. The molecule has 1 atom stereocenters. The van der Waals surface area contributed by atoms with Crippen LogP contribution in [0.25, 0.3) is 16.6 Å². The predicted octanol–water partition coefficient (Wildman–Crippen LogP) is 4.20. The number of hydrogen-bond acceptors (Lipinski definition) is 4. The first-order valence-corrected chi connectivity index (χ1v) is 9.24. The zero-order valence-electron chi connectivity index (χ0n) is 14.9. The van der Waals surface area contributed by atoms with Crippen LogP contribution in [0.4, 0.5) is 0 Å². The number of amides is 1. The van der Waals surface area contributed by atoms with Crippen molar-refractivity contribution in [1.29, 1.82) is 0 Å². The summed E-state index contributed by atoms with van der Waals surface area (Å²) in [7, 11) is 0. The van der Waals surface area contributed by atoms with Crippen LogP contribution in [0.2, 0.25) is 5.02 Å². The van der Waals surface area contributed by atoms with Crippen LogP contribution in [0.5, 0.6) is 0 Å². The van der Waals surface area contributed by atoms with Crippen LogP contribution in [0, 0.1) is 6.92 Å². The number of halogens is 1. The second kappa shape index (κ2) is 5.82. The van der Waals surface area contributed by atoms with Gasteiger partial charge in [-0.15, -0.1) is 0 Å². The quantitative estimate of drug-likeness (QED) is 0.496. The van der Waals surface area contributed by atoms with E-state index in [1.165, 1.54) is 5.56 Å². The van der Waals surface area contributed by atoms with E-state index < -0.39 is 0 Å². The predicted molar refractivity (Wildman–Crippen MR) is 102 cm³/mol. The van der Waals surface area contributed by atoms with Crippen molar-refractivity contribution in [3.05, 3.63) is 64.3 Å². The van der Waals surface area contributed by atoms with Crippen molar-refractivity contribution in [2.24, 2.45) is 0 Å². The van der Waals surface area contributed by atoms with Gasteiger partial charge in [-0.05, 0) is 48.7 Å². The smallest absolute Gasteiger partial charge is 0.274 e. The molecular weight excluding hydrogens is 364 g/mol. The Morgan fingerprint density at radius 2 is 2.15 bits per heavy atom. The molecule has 0 saturated heterocycles. The number of aromatic nitrogens is 3. The van der Waals surface area contributed by atoms with Gasteiger partial charge in [-0.25, -0.2) is 9.50 Å². The maximum atomic E-state index is 13.1. The van der Waals surface area contributed by atoms with E-state index >= 15 is 0 Å². The summed E-state index contributed by atoms with van der Waals surface area (Å²) in [6, 6.07) is 9.35. The molecule has 4 aromatic rings. The Morgan fingerprint density at radius 3 is 3.00 bits per heavy atom. The van der Waals surface area contributed by atoms with Crippen molar-refractivity contribution in [3.8, 4) is 0 Å². The van der Waals surface area contributed by atoms with Crippen molar-refractivity contribution in [2.75, 3.05) is 6.54 Å². The maximum Gasteiger partial charge on any atom is 0.274 e. The largest absolute Gasteiger partial charge is 0.441 e. The normalized spacial score (nSPS) is 16.9. The average Bonchev–Trinajstić information content (AvgIpc) is 3.23. The Hall–Kier alpha value is -2.86. The molecule has 1 aliphatic heterocycles. The van der Waals surface area contributed by atoms with Crippen molar-refractivity contribution in [2.45, 2.75) is 26.3 Å². The molecule has 0 aliphatic carbocycles. The Bertz CT molecular complexity index is 1210. The highest BCUT2D eigenvalue weighted by Crippen LogP contribution is 2.35. The van der Waals surface area contributed by atoms with Gasteiger partial charge in [0.15, 0.2) is 17.2 Å². The molecule has 7 heteroatoms. The van der Waals surface area contributed by atoms with Gasteiger partial charge in [0.25, 0.3) is 5.91 Å². The number of oxazole rings is 1. The summed E-state index contributed by atoms with van der Waals surface area (Å²) in [5.74, 6) is 0.581. The molecule has 4 heterocycles. The van der Waals surface area contributed by atoms with Crippen molar-refractivity contribution < 1.29 is 9.21 Å². The number of benzene rings is 1. The lowest BCUT2D eigenvalue weighted by Crippen LogP contribution is -2.39. The molecule has 0 radical (unpaired) electrons. The molecule has 1 aromatic carbocycles. The SMILES string of the molecule is Cc1nc2c3c(ccc2o1)C(C)N(C(=O)c1cc2ccc(Cl)cn2n1)CC3. The van der Waals surface area contributed by atoms with Crippen LogP contribution in [-0.4, -0.2) is 31.9 Å². The van der Waals surface area contributed by atoms with Crippen LogP contribution in [0.3, 0.4) is 0 Å². The molecule has 0 spiro atoms. The second-order valence-electron chi connectivity index (χ2n) is 6.88. The molecule has 1 aliphatic rings. The van der Waals surface area contributed by atoms with Gasteiger partial charge in [0.1, 0.15) is 5.52 Å². The monoisotopic (exact) mass is 380 g/mol. The Kier molecular flexibility index (Phi) is 3.52. The first-order valence-electron chi connectivity index (χ1n) is 8.86. The number of aryl methyl sites for hydroxylation is 1. The number of pyridine rings is 1. The number of hydrogen-bond donors (Lipinski definition) is 0. The highest BCUT2D eigenvalue weighted by molar-refractivity contribution is 6.30. The summed E-state index contributed by atoms with van der Waals surface area (Å²) in [6.45, 7) is 4.51. The summed E-state index contributed by atoms with van der Waals surface area (Å²) >= 11 is 6.02. The van der Waals surface area contributed by atoms with Gasteiger partial charge in [0, 0.05) is 19.7 Å². The van der Waals surface area contributed by atoms with Crippen molar-refractivity contribution >= 4 is 34.1 Å². The minimum atomic E-state index is -0.0793. The maximum absolute atomic E-state index is 13.1. The summed E-state index contributed by atoms with van der Waals surface area (Å²) in [4.78, 5) is 19.5. The first-order chi connectivity index (χ1) is 13.0. The fourth-order valence-electron chi connectivity index (χ4n) is 3.91. The van der Waals surface area contributed by atoms with Gasteiger partial charge in [-0.3, -0.25) is 4.79 Å². The molecule has 5 rings (SSSR count). The third-order valence-electron chi connectivity index (χ3n) is 5.23. The number of carbonyl (C=O) groups excluding carboxylic acids is 1. The molecule has 0 N–H and O–H groups in total. The van der Waals surface area contributed by atoms with Gasteiger partial charge < -0.3 is 9.32 Å². The van der Waals surface area contributed by atoms with E-state index in [9.17, 15) is 4.79 Å². The highest BCUT2D eigenvalue weighted by atomic mass is 35.5. The van der Waals surface area contributed by atoms with E-state index in [-0.39, 0.29) is 11.9 Å². The number of fused-ring (bicyclic) bond motifs is 4. The van der Waals surface area contributed by atoms with E-state index in [2.05, 4.69) is 10.1 Å². The van der Waals surface area contributed by atoms with E-state index in [4.69, 9.17) is 16.0 Å². The molecule has 0 saturated carbocycles. The van der Waals surface area contributed by atoms with Crippen molar-refractivity contribution in [1.82, 2.24) is 19.5 Å². The van der Waals surface area contributed by atoms with Gasteiger partial charge in [0.05, 0.1) is 16.6 Å². The number of rotatable bonds is 1. The zero-order chi connectivity index (χ0) is 18.7. The van der Waals surface area contributed by atoms with Crippen LogP contribution in [-0.2, 0) is 6.42 Å². The topological polar surface area (TPSA) is 63.6 Å². The molecule has 3 aromatic heterocycles. The average molecular weight is 381 g/mol. The van der Waals surface area contributed by atoms with Gasteiger partial charge in [-0.2, -0.15) is 5.10 Å². The lowest BCUT2D eigenvalue weighted by atomic mass is 9.92. The minimum Gasteiger partial charge on any atom is -0.441 e. The highest BCUT2D eigenvalue weighted by Gasteiger charge is 2.31. The molecule has 136 valence electrons. The van der Waals surface area contributed by atoms with E-state index in [0.29, 0.717) is 23.2 Å². The van der Waals surface area contributed by atoms with Gasteiger partial charge in [0.2, 0.25) is 0 Å². The molecule has 0 bridgehead atoms. The van der Waals surface area contributed by atoms with Crippen molar-refractivity contribution in [3.63, 3.8) is 0 Å². The lowest BCUT2D eigenvalue weighted by molar-refractivity contribution is 0.0671. The van der Waals surface area contributed by atoms with Crippen LogP contribution < -0.4 is 0 Å². The van der Waals surface area contributed by atoms with Crippen LogP contribution in [0.15, 0.2) is 40.9 Å². The molecule has 6 nitrogen and oxygen atoms in total. The van der Waals surface area contributed by atoms with Crippen LogP contribution >= 0.6 is 11.6 Å². The lowest BCUT2D eigenvalue weighted by Gasteiger charge is -2.34. The summed E-state index contributed by atoms with van der Waals surface area (Å²) in [5.41, 5.74) is 5.25. The minimum absolute atomic E-state index is 0.0592. The summed E-state index contributed by atoms with van der Waals surface area (Å²) in [6.07, 6.45) is 2.44. The Morgan fingerprint density at radius 1 is 1.30 bits per heavy atom. The fraction of sp³-hybridized carbons (Fsp3) is 0.250. The fourth-order valence-corrected chi connectivity index (χ4v) is 4.07. The molecule has 27 heavy (non-hydrogen) atoms. The first kappa shape index (κ1) is 16.3. The molecule has 0 fully saturated rings. The van der Waals surface area contributed by atoms with E-state index in [1.54, 1.807) is 22.8 Å². The van der Waals surface area contributed by atoms with E-state index in [0.717, 1.165) is 28.6 Å². The molecule has 1 unspecified atom stereocenters. The third-order valence-corrected chi connectivity index (χ3v) is 5.46. The number of nitrogens with zero attached hydrogens (tertiary/aromatic N) is 4. The second-order valence-corrected chi connectivity index (χ2v) is 7.32. The zero-order valence-corrected chi connectivity index (χ0v) is 15.7. The standard InChI is InChI=1S/C20H17ClN4O2/c1-11-15-5-6-18-19(22-12(2)27-18)16(15)7-8-24(11)20(26)17-9-14-4-3-13(21)10-25(14)23-17/h3-6,9-11H,7-8H2,1-2H3. The van der Waals surface area contributed by atoms with Gasteiger partial charge in [-0.1, -0.05) is 17.7 Å².